The molecule has 40 valence electrons. The van der Waals surface area contributed by atoms with Crippen LogP contribution in [-0.4, -0.2) is 10.0 Å². The van der Waals surface area contributed by atoms with Gasteiger partial charge < -0.3 is 0 Å². The summed E-state index contributed by atoms with van der Waals surface area (Å²) in [4.78, 5) is 0. The van der Waals surface area contributed by atoms with Crippen molar-refractivity contribution < 1.29 is 0 Å². The average molecular weight is 348 g/mol. The Morgan fingerprint density at radius 1 is 1.83 bits per heavy atom. The lowest BCUT2D eigenvalue weighted by molar-refractivity contribution is 2.30. The maximum atomic E-state index is 5.08. The predicted octanol–water partition coefficient (Wildman–Crippen LogP) is 1.71. The van der Waals surface area contributed by atoms with Crippen molar-refractivity contribution in [3.63, 3.8) is 0 Å². The molecule has 0 radical (unpaired) electrons. The smallest absolute Gasteiger partial charge is 0.0398 e. The Balaban J connectivity index is 3.48. The largest absolute Gasteiger partial charge is 0.153 e. The van der Waals surface area contributed by atoms with Crippen LogP contribution in [0.25, 0.3) is 0 Å². The number of alkyl halides is 1. The van der Waals surface area contributed by atoms with E-state index in [-0.39, 0.29) is 0 Å². The molecule has 0 heterocycles. The van der Waals surface area contributed by atoms with E-state index in [1.165, 1.54) is 0 Å². The summed E-state index contributed by atoms with van der Waals surface area (Å²) in [7, 11) is 0. The van der Waals surface area contributed by atoms with E-state index >= 15 is 0 Å². The third-order valence-electron chi connectivity index (χ3n) is 0.213. The van der Waals surface area contributed by atoms with Crippen LogP contribution in [0.3, 0.4) is 0 Å². The van der Waals surface area contributed by atoms with E-state index < -0.39 is 5.76 Å². The van der Waals surface area contributed by atoms with Crippen LogP contribution in [-0.2, 0) is 16.9 Å². The van der Waals surface area contributed by atoms with Gasteiger partial charge >= 0.3 is 0 Å². The van der Waals surface area contributed by atoms with Gasteiger partial charge in [0.05, 0.1) is 0 Å². The summed E-state index contributed by atoms with van der Waals surface area (Å²) in [5.41, 5.74) is 0. The minimum atomic E-state index is -0.857. The van der Waals surface area contributed by atoms with Gasteiger partial charge in [-0.15, -0.1) is 0 Å². The van der Waals surface area contributed by atoms with Crippen molar-refractivity contribution in [2.45, 2.75) is 0 Å². The Morgan fingerprint density at radius 2 is 2.00 bits per heavy atom. The second-order valence-corrected chi connectivity index (χ2v) is 16.1. The van der Waals surface area contributed by atoms with Crippen LogP contribution >= 0.6 is 43.8 Å². The molecule has 0 aliphatic heterocycles. The van der Waals surface area contributed by atoms with Crippen molar-refractivity contribution in [2.24, 2.45) is 0 Å². The first-order valence-corrected chi connectivity index (χ1v) is 9.13. The van der Waals surface area contributed by atoms with E-state index in [0.29, 0.717) is 0 Å². The molecule has 0 aliphatic rings. The lowest BCUT2D eigenvalue weighted by Crippen LogP contribution is -1.93. The van der Waals surface area contributed by atoms with E-state index in [0.717, 1.165) is 3.76 Å². The van der Waals surface area contributed by atoms with E-state index in [9.17, 15) is 0 Å². The van der Waals surface area contributed by atoms with Crippen LogP contribution < -0.4 is 0 Å². The minimum Gasteiger partial charge on any atom is -0.153 e. The predicted molar refractivity (Wildman–Crippen MR) is 55.0 cm³/mol. The summed E-state index contributed by atoms with van der Waals surface area (Å²) < 4.78 is 1.15. The number of rotatable bonds is 1. The van der Waals surface area contributed by atoms with Crippen molar-refractivity contribution in [3.8, 4) is 0 Å². The fourth-order valence-corrected chi connectivity index (χ4v) is 0. The maximum absolute atomic E-state index is 5.08. The molecular weight excluding hydrogens is 342 g/mol. The number of halogens is 2. The van der Waals surface area contributed by atoms with Gasteiger partial charge in [0.25, 0.3) is 0 Å². The fourth-order valence-electron chi connectivity index (χ4n) is 0. The second-order valence-electron chi connectivity index (χ2n) is 1.10. The number of thiol groups is 1. The summed E-state index contributed by atoms with van der Waals surface area (Å²) in [6.45, 7) is 0. The van der Waals surface area contributed by atoms with Gasteiger partial charge in [0.1, 0.15) is 0 Å². The highest BCUT2D eigenvalue weighted by atomic mass is 127. The minimum absolute atomic E-state index is 0.857. The van der Waals surface area contributed by atoms with Gasteiger partial charge in [-0.05, 0) is 27.5 Å². The first-order valence-electron chi connectivity index (χ1n) is 1.38. The van der Waals surface area contributed by atoms with Crippen molar-refractivity contribution in [2.75, 3.05) is 10.0 Å². The molecule has 0 aliphatic carbocycles. The molecular formula is C2H6I2S2. The van der Waals surface area contributed by atoms with Gasteiger partial charge in [-0.3, -0.25) is 0 Å². The van der Waals surface area contributed by atoms with Crippen LogP contribution in [0.1, 0.15) is 0 Å². The molecule has 0 amide bonds. The molecule has 6 heavy (non-hydrogen) atoms. The van der Waals surface area contributed by atoms with Gasteiger partial charge in [0.15, 0.2) is 0 Å². The van der Waals surface area contributed by atoms with E-state index in [1.807, 2.05) is 0 Å². The molecule has 0 fully saturated rings. The third-order valence-corrected chi connectivity index (χ3v) is 11.4. The van der Waals surface area contributed by atoms with Crippen molar-refractivity contribution in [3.05, 3.63) is 0 Å². The van der Waals surface area contributed by atoms with Crippen LogP contribution in [0.15, 0.2) is 0 Å². The van der Waals surface area contributed by atoms with Crippen molar-refractivity contribution in [1.82, 2.24) is 0 Å². The first-order chi connectivity index (χ1) is 2.56. The number of hydrogen-bond acceptors (Lipinski definition) is 1. The topological polar surface area (TPSA) is 0 Å². The van der Waals surface area contributed by atoms with E-state index in [4.69, 9.17) is 11.2 Å². The summed E-state index contributed by atoms with van der Waals surface area (Å²) in [5, 5.41) is 0. The van der Waals surface area contributed by atoms with Gasteiger partial charge in [0.2, 0.25) is 0 Å². The Hall–Kier alpha value is 2.03. The Morgan fingerprint density at radius 3 is 2.00 bits per heavy atom. The van der Waals surface area contributed by atoms with Crippen LogP contribution in [0.4, 0.5) is 0 Å². The zero-order valence-corrected chi connectivity index (χ0v) is 9.34. The monoisotopic (exact) mass is 348 g/mol. The molecule has 0 bridgehead atoms. The Kier molecular flexibility index (Phi) is 4.20. The van der Waals surface area contributed by atoms with E-state index in [1.54, 1.807) is 0 Å². The molecule has 0 aromatic heterocycles. The van der Waals surface area contributed by atoms with Crippen LogP contribution in [0.5, 0.6) is 0 Å². The molecule has 0 saturated heterocycles. The highest BCUT2D eigenvalue weighted by Gasteiger charge is 1.89. The Bertz CT molecular complexity index is 73.6. The third kappa shape index (κ3) is 6.03. The van der Waals surface area contributed by atoms with Gasteiger partial charge in [-0.2, -0.15) is 5.76 Å². The molecule has 0 spiro atoms. The maximum Gasteiger partial charge on any atom is 0.0398 e. The summed E-state index contributed by atoms with van der Waals surface area (Å²) in [6.07, 6.45) is 2.15. The van der Waals surface area contributed by atoms with E-state index in [2.05, 4.69) is 50.1 Å². The molecule has 0 nitrogen and oxygen atoms in total. The zero-order chi connectivity index (χ0) is 5.21. The van der Waals surface area contributed by atoms with Gasteiger partial charge in [0, 0.05) is 3.76 Å². The van der Waals surface area contributed by atoms with Gasteiger partial charge in [-0.25, -0.2) is 0 Å². The molecule has 0 aromatic carbocycles. The highest BCUT2D eigenvalue weighted by Crippen LogP contribution is 2.13. The average Bonchev–Trinajstić information content (AvgIpc) is 1.35. The SMILES string of the molecule is C[SH](=S)(I)CI. The molecule has 0 unspecified atom stereocenters. The summed E-state index contributed by atoms with van der Waals surface area (Å²) in [6, 6.07) is 0. The first kappa shape index (κ1) is 8.03. The zero-order valence-electron chi connectivity index (χ0n) is 3.32. The molecule has 0 rings (SSSR count). The number of hydrogen-bond donors (Lipinski definition) is 1. The molecule has 0 saturated carbocycles. The second kappa shape index (κ2) is 3.13. The fraction of sp³-hybridized carbons (Fsp3) is 1.00. The van der Waals surface area contributed by atoms with Crippen molar-refractivity contribution in [1.29, 1.82) is 0 Å². The van der Waals surface area contributed by atoms with Gasteiger partial charge in [-0.1, -0.05) is 33.8 Å². The summed E-state index contributed by atoms with van der Waals surface area (Å²) in [5.74, 6) is -0.857. The molecule has 0 N–H and O–H groups in total. The standard InChI is InChI=1S/C2H6I2S2/c1-6(4,5)2-3/h6H,2H2,1H3. The van der Waals surface area contributed by atoms with Crippen LogP contribution in [0, 0.1) is 0 Å². The summed E-state index contributed by atoms with van der Waals surface area (Å²) >= 11 is 9.77. The highest BCUT2D eigenvalue weighted by molar-refractivity contribution is 14.2. The van der Waals surface area contributed by atoms with Crippen LogP contribution in [0.2, 0.25) is 0 Å². The molecule has 0 atom stereocenters. The normalized spacial score (nSPS) is 14.5. The lowest BCUT2D eigenvalue weighted by atomic mass is 11.9. The molecule has 0 aromatic rings. The van der Waals surface area contributed by atoms with Crippen molar-refractivity contribution >= 4 is 60.7 Å². The molecule has 4 heteroatoms. The quantitative estimate of drug-likeness (QED) is 0.326. The Labute approximate surface area is 69.7 Å². The lowest BCUT2D eigenvalue weighted by Gasteiger charge is -2.04.